The summed E-state index contributed by atoms with van der Waals surface area (Å²) in [6, 6.07) is 0. The third-order valence-electron chi connectivity index (χ3n) is 1.59. The lowest BCUT2D eigenvalue weighted by atomic mass is 10.2. The van der Waals surface area contributed by atoms with Gasteiger partial charge >= 0.3 is 17.7 Å². The Kier molecular flexibility index (Phi) is 1.82. The maximum Gasteiger partial charge on any atom is 0.377 e. The van der Waals surface area contributed by atoms with Crippen LogP contribution in [0.4, 0.5) is 0 Å². The molecular weight excluding hydrogens is 152 g/mol. The van der Waals surface area contributed by atoms with Gasteiger partial charge in [0.25, 0.3) is 0 Å². The minimum Gasteiger partial charge on any atom is -0.476 e. The molecule has 1 saturated heterocycles. The second kappa shape index (κ2) is 2.50. The highest BCUT2D eigenvalue weighted by molar-refractivity contribution is 5.84. The first-order valence-electron chi connectivity index (χ1n) is 3.11. The summed E-state index contributed by atoms with van der Waals surface area (Å²) in [7, 11) is 1.20. The summed E-state index contributed by atoms with van der Waals surface area (Å²) in [6.45, 7) is 0. The lowest BCUT2D eigenvalue weighted by Crippen LogP contribution is -2.40. The van der Waals surface area contributed by atoms with Gasteiger partial charge in [-0.1, -0.05) is 0 Å². The monoisotopic (exact) mass is 160 g/mol. The third-order valence-corrected chi connectivity index (χ3v) is 1.59. The molecule has 1 unspecified atom stereocenters. The van der Waals surface area contributed by atoms with Gasteiger partial charge in [0.2, 0.25) is 0 Å². The van der Waals surface area contributed by atoms with Crippen molar-refractivity contribution in [2.24, 2.45) is 0 Å². The predicted octanol–water partition coefficient (Wildman–Crippen LogP) is -0.249. The van der Waals surface area contributed by atoms with Crippen LogP contribution in [0.5, 0.6) is 0 Å². The summed E-state index contributed by atoms with van der Waals surface area (Å²) < 4.78 is 9.09. The quantitative estimate of drug-likeness (QED) is 0.564. The molecule has 1 fully saturated rings. The van der Waals surface area contributed by atoms with Gasteiger partial charge in [-0.15, -0.1) is 0 Å². The van der Waals surface area contributed by atoms with E-state index in [0.717, 1.165) is 0 Å². The van der Waals surface area contributed by atoms with Crippen molar-refractivity contribution in [3.63, 3.8) is 0 Å². The summed E-state index contributed by atoms with van der Waals surface area (Å²) in [4.78, 5) is 21.1. The van der Waals surface area contributed by atoms with Crippen LogP contribution in [0.1, 0.15) is 12.8 Å². The van der Waals surface area contributed by atoms with E-state index in [2.05, 4.69) is 9.47 Å². The van der Waals surface area contributed by atoms with Crippen LogP contribution in [0.15, 0.2) is 0 Å². The largest absolute Gasteiger partial charge is 0.476 e. The van der Waals surface area contributed by atoms with Gasteiger partial charge in [0.1, 0.15) is 0 Å². The van der Waals surface area contributed by atoms with Gasteiger partial charge in [0, 0.05) is 13.5 Å². The highest BCUT2D eigenvalue weighted by atomic mass is 16.7. The Morgan fingerprint density at radius 3 is 2.64 bits per heavy atom. The van der Waals surface area contributed by atoms with Crippen LogP contribution in [0.3, 0.4) is 0 Å². The van der Waals surface area contributed by atoms with E-state index in [1.165, 1.54) is 7.11 Å². The van der Waals surface area contributed by atoms with Crippen LogP contribution >= 0.6 is 0 Å². The van der Waals surface area contributed by atoms with E-state index in [9.17, 15) is 9.59 Å². The van der Waals surface area contributed by atoms with Crippen molar-refractivity contribution in [2.45, 2.75) is 18.6 Å². The maximum absolute atomic E-state index is 10.6. The fourth-order valence-corrected chi connectivity index (χ4v) is 0.934. The molecule has 0 spiro atoms. The molecule has 0 amide bonds. The van der Waals surface area contributed by atoms with Crippen LogP contribution < -0.4 is 0 Å². The minimum atomic E-state index is -1.73. The van der Waals surface area contributed by atoms with E-state index in [-0.39, 0.29) is 12.8 Å². The lowest BCUT2D eigenvalue weighted by Gasteiger charge is -2.19. The van der Waals surface area contributed by atoms with E-state index in [1.54, 1.807) is 0 Å². The average Bonchev–Trinajstić information content (AvgIpc) is 2.33. The topological polar surface area (TPSA) is 72.8 Å². The molecule has 0 aromatic heterocycles. The number of aliphatic carboxylic acids is 1. The first kappa shape index (κ1) is 8.00. The first-order valence-corrected chi connectivity index (χ1v) is 3.11. The van der Waals surface area contributed by atoms with Crippen LogP contribution in [0.25, 0.3) is 0 Å². The number of hydrogen-bond donors (Lipinski definition) is 1. The van der Waals surface area contributed by atoms with Crippen molar-refractivity contribution in [2.75, 3.05) is 7.11 Å². The highest BCUT2D eigenvalue weighted by Crippen LogP contribution is 2.27. The SMILES string of the molecule is COC1(C(=O)O)CCC(=O)O1. The number of cyclic esters (lactones) is 1. The number of methoxy groups -OCH3 is 1. The molecule has 1 aliphatic heterocycles. The molecule has 0 aromatic carbocycles. The van der Waals surface area contributed by atoms with Crippen LogP contribution in [-0.2, 0) is 19.1 Å². The second-order valence-electron chi connectivity index (χ2n) is 2.24. The molecule has 5 heteroatoms. The number of carboxylic acids is 1. The molecule has 0 aliphatic carbocycles. The molecule has 62 valence electrons. The Bertz CT molecular complexity index is 199. The maximum atomic E-state index is 10.6. The van der Waals surface area contributed by atoms with Crippen LogP contribution in [-0.4, -0.2) is 29.9 Å². The molecule has 0 bridgehead atoms. The smallest absolute Gasteiger partial charge is 0.377 e. The van der Waals surface area contributed by atoms with Gasteiger partial charge in [0.15, 0.2) is 0 Å². The predicted molar refractivity (Wildman–Crippen MR) is 32.7 cm³/mol. The average molecular weight is 160 g/mol. The van der Waals surface area contributed by atoms with Crippen molar-refractivity contribution in [3.8, 4) is 0 Å². The molecule has 1 atom stereocenters. The Balaban J connectivity index is 2.78. The van der Waals surface area contributed by atoms with Gasteiger partial charge in [0.05, 0.1) is 6.42 Å². The van der Waals surface area contributed by atoms with Crippen molar-refractivity contribution < 1.29 is 24.2 Å². The van der Waals surface area contributed by atoms with Crippen molar-refractivity contribution in [1.82, 2.24) is 0 Å². The van der Waals surface area contributed by atoms with Crippen LogP contribution in [0.2, 0.25) is 0 Å². The second-order valence-corrected chi connectivity index (χ2v) is 2.24. The van der Waals surface area contributed by atoms with Gasteiger partial charge in [-0.2, -0.15) is 0 Å². The van der Waals surface area contributed by atoms with Gasteiger partial charge in [-0.3, -0.25) is 4.79 Å². The van der Waals surface area contributed by atoms with Crippen molar-refractivity contribution >= 4 is 11.9 Å². The zero-order chi connectivity index (χ0) is 8.48. The highest BCUT2D eigenvalue weighted by Gasteiger charge is 2.48. The summed E-state index contributed by atoms with van der Waals surface area (Å²) in [6.07, 6.45) is 0.178. The molecule has 11 heavy (non-hydrogen) atoms. The Morgan fingerprint density at radius 2 is 2.45 bits per heavy atom. The molecule has 5 nitrogen and oxygen atoms in total. The summed E-state index contributed by atoms with van der Waals surface area (Å²) in [5, 5.41) is 8.58. The van der Waals surface area contributed by atoms with Gasteiger partial charge < -0.3 is 14.6 Å². The third kappa shape index (κ3) is 1.19. The lowest BCUT2D eigenvalue weighted by molar-refractivity contribution is -0.218. The number of hydrogen-bond acceptors (Lipinski definition) is 4. The number of carbonyl (C=O) groups is 2. The zero-order valence-electron chi connectivity index (χ0n) is 5.99. The molecule has 1 aliphatic rings. The zero-order valence-corrected chi connectivity index (χ0v) is 5.99. The number of ether oxygens (including phenoxy) is 2. The molecular formula is C6H8O5. The summed E-state index contributed by atoms with van der Waals surface area (Å²) >= 11 is 0. The standard InChI is InChI=1S/C6H8O5/c1-10-6(5(8)9)3-2-4(7)11-6/h2-3H2,1H3,(H,8,9). The number of esters is 1. The molecule has 0 radical (unpaired) electrons. The molecule has 0 saturated carbocycles. The van der Waals surface area contributed by atoms with E-state index >= 15 is 0 Å². The van der Waals surface area contributed by atoms with Crippen LogP contribution in [0, 0.1) is 0 Å². The van der Waals surface area contributed by atoms with E-state index in [4.69, 9.17) is 5.11 Å². The molecule has 1 rings (SSSR count). The number of carboxylic acid groups (broad SMARTS) is 1. The van der Waals surface area contributed by atoms with Gasteiger partial charge in [-0.25, -0.2) is 4.79 Å². The molecule has 0 aromatic rings. The van der Waals surface area contributed by atoms with Crippen molar-refractivity contribution in [3.05, 3.63) is 0 Å². The minimum absolute atomic E-state index is 0.0810. The number of rotatable bonds is 2. The summed E-state index contributed by atoms with van der Waals surface area (Å²) in [5.74, 6) is -3.52. The Hall–Kier alpha value is -1.10. The van der Waals surface area contributed by atoms with E-state index in [1.807, 2.05) is 0 Å². The van der Waals surface area contributed by atoms with E-state index in [0.29, 0.717) is 0 Å². The Labute approximate surface area is 62.9 Å². The van der Waals surface area contributed by atoms with Crippen molar-refractivity contribution in [1.29, 1.82) is 0 Å². The normalized spacial score (nSPS) is 30.1. The number of carbonyl (C=O) groups excluding carboxylic acids is 1. The summed E-state index contributed by atoms with van der Waals surface area (Å²) in [5.41, 5.74) is 0. The fourth-order valence-electron chi connectivity index (χ4n) is 0.934. The van der Waals surface area contributed by atoms with Gasteiger partial charge in [-0.05, 0) is 0 Å². The molecule has 1 heterocycles. The molecule has 1 N–H and O–H groups in total. The fraction of sp³-hybridized carbons (Fsp3) is 0.667. The first-order chi connectivity index (χ1) is 5.10. The van der Waals surface area contributed by atoms with E-state index < -0.39 is 17.7 Å². The Morgan fingerprint density at radius 1 is 1.82 bits per heavy atom.